The molecule has 0 bridgehead atoms. The molecule has 1 N–H and O–H groups in total. The molecule has 138 valence electrons. The summed E-state index contributed by atoms with van der Waals surface area (Å²) in [4.78, 5) is 16.5. The number of aromatic nitrogens is 2. The molecule has 2 aromatic carbocycles. The van der Waals surface area contributed by atoms with Crippen LogP contribution in [-0.2, 0) is 6.54 Å². The molecule has 28 heavy (non-hydrogen) atoms. The maximum Gasteiger partial charge on any atom is 0.255 e. The molecule has 4 rings (SSSR count). The predicted molar refractivity (Wildman–Crippen MR) is 109 cm³/mol. The van der Waals surface area contributed by atoms with Crippen LogP contribution in [0, 0.1) is 0 Å². The second-order valence-corrected chi connectivity index (χ2v) is 6.32. The molecular weight excluding hydrogens is 350 g/mol. The van der Waals surface area contributed by atoms with Crippen molar-refractivity contribution in [3.8, 4) is 11.5 Å². The van der Waals surface area contributed by atoms with Crippen LogP contribution in [0.3, 0.4) is 0 Å². The summed E-state index contributed by atoms with van der Waals surface area (Å²) in [6.45, 7) is 0.781. The zero-order chi connectivity index (χ0) is 19.2. The highest BCUT2D eigenvalue weighted by molar-refractivity contribution is 6.04. The summed E-state index contributed by atoms with van der Waals surface area (Å²) in [5, 5.41) is 2.91. The highest BCUT2D eigenvalue weighted by Crippen LogP contribution is 2.24. The average molecular weight is 369 g/mol. The van der Waals surface area contributed by atoms with Gasteiger partial charge in [-0.3, -0.25) is 9.78 Å². The maximum atomic E-state index is 12.5. The SMILES string of the molecule is O=C(Nc1cccc(Oc2ccncc2)c1)c1ccc(Cn2cccc2)cc1. The number of hydrogen-bond donors (Lipinski definition) is 1. The summed E-state index contributed by atoms with van der Waals surface area (Å²) < 4.78 is 7.87. The Bertz CT molecular complexity index is 1040. The normalized spacial score (nSPS) is 10.4. The monoisotopic (exact) mass is 369 g/mol. The van der Waals surface area contributed by atoms with Crippen LogP contribution in [0.25, 0.3) is 0 Å². The number of hydrogen-bond acceptors (Lipinski definition) is 3. The van der Waals surface area contributed by atoms with Crippen LogP contribution in [0.2, 0.25) is 0 Å². The van der Waals surface area contributed by atoms with Gasteiger partial charge < -0.3 is 14.6 Å². The van der Waals surface area contributed by atoms with Gasteiger partial charge in [-0.2, -0.15) is 0 Å². The van der Waals surface area contributed by atoms with Gasteiger partial charge in [0.15, 0.2) is 0 Å². The smallest absolute Gasteiger partial charge is 0.255 e. The van der Waals surface area contributed by atoms with Gasteiger partial charge in [-0.25, -0.2) is 0 Å². The molecule has 5 nitrogen and oxygen atoms in total. The number of anilines is 1. The van der Waals surface area contributed by atoms with Gasteiger partial charge in [0.25, 0.3) is 5.91 Å². The molecule has 0 saturated carbocycles. The van der Waals surface area contributed by atoms with Gasteiger partial charge in [-0.15, -0.1) is 0 Å². The number of carbonyl (C=O) groups is 1. The van der Waals surface area contributed by atoms with E-state index >= 15 is 0 Å². The lowest BCUT2D eigenvalue weighted by atomic mass is 10.1. The van der Waals surface area contributed by atoms with Gasteiger partial charge in [-0.1, -0.05) is 18.2 Å². The van der Waals surface area contributed by atoms with Crippen LogP contribution in [0.15, 0.2) is 97.6 Å². The molecular formula is C23H19N3O2. The van der Waals surface area contributed by atoms with Crippen molar-refractivity contribution < 1.29 is 9.53 Å². The van der Waals surface area contributed by atoms with Crippen LogP contribution < -0.4 is 10.1 Å². The lowest BCUT2D eigenvalue weighted by Gasteiger charge is -2.09. The molecule has 0 radical (unpaired) electrons. The van der Waals surface area contributed by atoms with E-state index in [2.05, 4.69) is 14.9 Å². The van der Waals surface area contributed by atoms with Crippen molar-refractivity contribution in [1.29, 1.82) is 0 Å². The lowest BCUT2D eigenvalue weighted by molar-refractivity contribution is 0.102. The van der Waals surface area contributed by atoms with Gasteiger partial charge in [-0.05, 0) is 54.1 Å². The zero-order valence-corrected chi connectivity index (χ0v) is 15.2. The number of pyridine rings is 1. The molecule has 5 heteroatoms. The number of ether oxygens (including phenoxy) is 1. The Balaban J connectivity index is 1.41. The minimum absolute atomic E-state index is 0.159. The highest BCUT2D eigenvalue weighted by Gasteiger charge is 2.07. The summed E-state index contributed by atoms with van der Waals surface area (Å²) >= 11 is 0. The molecule has 1 amide bonds. The number of carbonyl (C=O) groups excluding carboxylic acids is 1. The first-order chi connectivity index (χ1) is 13.8. The first-order valence-corrected chi connectivity index (χ1v) is 8.95. The second kappa shape index (κ2) is 8.22. The standard InChI is InChI=1S/C23H19N3O2/c27-23(19-8-6-18(7-9-19)17-26-14-1-2-15-26)25-20-4-3-5-22(16-20)28-21-10-12-24-13-11-21/h1-16H,17H2,(H,25,27). The molecule has 4 aromatic rings. The number of amides is 1. The summed E-state index contributed by atoms with van der Waals surface area (Å²) in [6.07, 6.45) is 7.37. The van der Waals surface area contributed by atoms with Crippen LogP contribution in [-0.4, -0.2) is 15.5 Å². The Morgan fingerprint density at radius 2 is 1.64 bits per heavy atom. The fraction of sp³-hybridized carbons (Fsp3) is 0.0435. The Labute approximate surface area is 163 Å². The third-order valence-electron chi connectivity index (χ3n) is 4.22. The van der Waals surface area contributed by atoms with Crippen molar-refractivity contribution in [3.05, 3.63) is 109 Å². The number of nitrogens with one attached hydrogen (secondary N) is 1. The van der Waals surface area contributed by atoms with E-state index in [9.17, 15) is 4.79 Å². The van der Waals surface area contributed by atoms with Crippen molar-refractivity contribution in [1.82, 2.24) is 9.55 Å². The van der Waals surface area contributed by atoms with Crippen molar-refractivity contribution in [3.63, 3.8) is 0 Å². The fourth-order valence-electron chi connectivity index (χ4n) is 2.83. The van der Waals surface area contributed by atoms with Gasteiger partial charge in [0, 0.05) is 48.6 Å². The molecule has 2 heterocycles. The molecule has 0 spiro atoms. The molecule has 0 aliphatic carbocycles. The Kier molecular flexibility index (Phi) is 5.15. The minimum atomic E-state index is -0.159. The summed E-state index contributed by atoms with van der Waals surface area (Å²) in [5.74, 6) is 1.18. The van der Waals surface area contributed by atoms with Crippen molar-refractivity contribution in [2.24, 2.45) is 0 Å². The first-order valence-electron chi connectivity index (χ1n) is 8.95. The lowest BCUT2D eigenvalue weighted by Crippen LogP contribution is -2.12. The summed E-state index contributed by atoms with van der Waals surface area (Å²) in [6, 6.07) is 22.5. The molecule has 0 unspecified atom stereocenters. The summed E-state index contributed by atoms with van der Waals surface area (Å²) in [5.41, 5.74) is 2.42. The molecule has 0 saturated heterocycles. The van der Waals surface area contributed by atoms with E-state index in [1.807, 2.05) is 67.0 Å². The fourth-order valence-corrected chi connectivity index (χ4v) is 2.83. The van der Waals surface area contributed by atoms with Gasteiger partial charge in [0.1, 0.15) is 11.5 Å². The number of nitrogens with zero attached hydrogens (tertiary/aromatic N) is 2. The number of rotatable bonds is 6. The summed E-state index contributed by atoms with van der Waals surface area (Å²) in [7, 11) is 0. The van der Waals surface area contributed by atoms with Gasteiger partial charge >= 0.3 is 0 Å². The molecule has 0 aliphatic heterocycles. The zero-order valence-electron chi connectivity index (χ0n) is 15.2. The third kappa shape index (κ3) is 4.45. The highest BCUT2D eigenvalue weighted by atomic mass is 16.5. The van der Waals surface area contributed by atoms with Crippen LogP contribution >= 0.6 is 0 Å². The van der Waals surface area contributed by atoms with Gasteiger partial charge in [0.2, 0.25) is 0 Å². The van der Waals surface area contributed by atoms with E-state index < -0.39 is 0 Å². The van der Waals surface area contributed by atoms with Crippen molar-refractivity contribution in [2.75, 3.05) is 5.32 Å². The topological polar surface area (TPSA) is 56.1 Å². The Morgan fingerprint density at radius 1 is 0.893 bits per heavy atom. The van der Waals surface area contributed by atoms with E-state index in [0.29, 0.717) is 22.7 Å². The van der Waals surface area contributed by atoms with E-state index in [1.165, 1.54) is 0 Å². The van der Waals surface area contributed by atoms with Crippen LogP contribution in [0.1, 0.15) is 15.9 Å². The first kappa shape index (κ1) is 17.5. The van der Waals surface area contributed by atoms with Gasteiger partial charge in [0.05, 0.1) is 0 Å². The number of benzene rings is 2. The second-order valence-electron chi connectivity index (χ2n) is 6.32. The molecule has 2 aromatic heterocycles. The van der Waals surface area contributed by atoms with E-state index in [-0.39, 0.29) is 5.91 Å². The largest absolute Gasteiger partial charge is 0.457 e. The predicted octanol–water partition coefficient (Wildman–Crippen LogP) is 4.98. The molecule has 0 aliphatic rings. The average Bonchev–Trinajstić information content (AvgIpc) is 3.23. The van der Waals surface area contributed by atoms with Crippen molar-refractivity contribution >= 4 is 11.6 Å². The maximum absolute atomic E-state index is 12.5. The third-order valence-corrected chi connectivity index (χ3v) is 4.22. The molecule has 0 atom stereocenters. The minimum Gasteiger partial charge on any atom is -0.457 e. The van der Waals surface area contributed by atoms with Crippen LogP contribution in [0.5, 0.6) is 11.5 Å². The molecule has 0 fully saturated rings. The van der Waals surface area contributed by atoms with E-state index in [0.717, 1.165) is 12.1 Å². The van der Waals surface area contributed by atoms with Crippen LogP contribution in [0.4, 0.5) is 5.69 Å². The van der Waals surface area contributed by atoms with E-state index in [1.54, 1.807) is 30.6 Å². The van der Waals surface area contributed by atoms with E-state index in [4.69, 9.17) is 4.74 Å². The Hall–Kier alpha value is -3.86. The quantitative estimate of drug-likeness (QED) is 0.522. The van der Waals surface area contributed by atoms with Crippen molar-refractivity contribution in [2.45, 2.75) is 6.54 Å². The Morgan fingerprint density at radius 3 is 2.39 bits per heavy atom.